The molecular formula is C11H14BNO3S. The Hall–Kier alpha value is -0.975. The van der Waals surface area contributed by atoms with Gasteiger partial charge in [-0.25, -0.2) is 0 Å². The van der Waals surface area contributed by atoms with Gasteiger partial charge in [0.25, 0.3) is 0 Å². The van der Waals surface area contributed by atoms with Crippen LogP contribution in [0.15, 0.2) is 23.1 Å². The number of benzene rings is 1. The van der Waals surface area contributed by atoms with E-state index in [0.29, 0.717) is 6.54 Å². The number of carboxylic acids is 1. The highest BCUT2D eigenvalue weighted by Crippen LogP contribution is 2.28. The maximum atomic E-state index is 10.6. The van der Waals surface area contributed by atoms with Gasteiger partial charge in [0.2, 0.25) is 0 Å². The molecule has 2 rings (SSSR count). The summed E-state index contributed by atoms with van der Waals surface area (Å²) in [4.78, 5) is 11.6. The van der Waals surface area contributed by atoms with Crippen molar-refractivity contribution < 1.29 is 14.6 Å². The second-order valence-electron chi connectivity index (χ2n) is 3.94. The number of fused-ring (bicyclic) bond motifs is 1. The predicted octanol–water partition coefficient (Wildman–Crippen LogP) is 0.722. The van der Waals surface area contributed by atoms with E-state index in [1.54, 1.807) is 0 Å². The molecule has 1 aromatic rings. The maximum Gasteiger partial charge on any atom is 0.325 e. The molecule has 3 N–H and O–H groups in total. The molecule has 0 spiro atoms. The Morgan fingerprint density at radius 3 is 3.06 bits per heavy atom. The molecule has 1 aromatic carbocycles. The summed E-state index contributed by atoms with van der Waals surface area (Å²) in [6, 6.07) is 5.86. The van der Waals surface area contributed by atoms with Crippen LogP contribution in [0.2, 0.25) is 6.82 Å². The molecule has 0 aromatic heterocycles. The van der Waals surface area contributed by atoms with Crippen LogP contribution in [0.4, 0.5) is 0 Å². The summed E-state index contributed by atoms with van der Waals surface area (Å²) in [5.74, 6) is -0.745. The van der Waals surface area contributed by atoms with Crippen molar-refractivity contribution in [3.05, 3.63) is 23.8 Å². The number of thioether (sulfide) groups is 1. The third-order valence-electron chi connectivity index (χ3n) is 2.79. The first-order chi connectivity index (χ1) is 8.13. The molecule has 4 nitrogen and oxygen atoms in total. The van der Waals surface area contributed by atoms with Crippen molar-refractivity contribution in [1.29, 1.82) is 0 Å². The monoisotopic (exact) mass is 251 g/mol. The first kappa shape index (κ1) is 12.5. The summed E-state index contributed by atoms with van der Waals surface area (Å²) in [5.41, 5.74) is 7.84. The Balaban J connectivity index is 2.30. The van der Waals surface area contributed by atoms with Gasteiger partial charge < -0.3 is 15.5 Å². The fraction of sp³-hybridized carbons (Fsp3) is 0.364. The van der Waals surface area contributed by atoms with Crippen LogP contribution >= 0.6 is 11.8 Å². The van der Waals surface area contributed by atoms with Crippen LogP contribution in [-0.2, 0) is 9.45 Å². The molecule has 17 heavy (non-hydrogen) atoms. The zero-order chi connectivity index (χ0) is 12.4. The minimum atomic E-state index is -0.811. The molecule has 1 heterocycles. The quantitative estimate of drug-likeness (QED) is 0.609. The predicted molar refractivity (Wildman–Crippen MR) is 68.9 cm³/mol. The van der Waals surface area contributed by atoms with Crippen molar-refractivity contribution in [2.24, 2.45) is 5.73 Å². The van der Waals surface area contributed by atoms with Gasteiger partial charge in [0.1, 0.15) is 0 Å². The molecule has 0 saturated carbocycles. The zero-order valence-electron chi connectivity index (χ0n) is 9.55. The summed E-state index contributed by atoms with van der Waals surface area (Å²) in [5, 5.41) is 8.72. The molecule has 6 heteroatoms. The molecule has 1 atom stereocenters. The lowest BCUT2D eigenvalue weighted by Crippen LogP contribution is -2.26. The zero-order valence-corrected chi connectivity index (χ0v) is 10.4. The lowest BCUT2D eigenvalue weighted by atomic mass is 9.64. The molecule has 0 aliphatic carbocycles. The van der Waals surface area contributed by atoms with E-state index in [2.05, 4.69) is 0 Å². The average molecular weight is 251 g/mol. The van der Waals surface area contributed by atoms with Gasteiger partial charge in [0.05, 0.1) is 11.9 Å². The van der Waals surface area contributed by atoms with Crippen LogP contribution in [-0.4, -0.2) is 30.3 Å². The Bertz CT molecular complexity index is 441. The van der Waals surface area contributed by atoms with Gasteiger partial charge in [-0.1, -0.05) is 19.0 Å². The molecule has 0 bridgehead atoms. The van der Waals surface area contributed by atoms with Crippen molar-refractivity contribution in [2.45, 2.75) is 17.8 Å². The van der Waals surface area contributed by atoms with Gasteiger partial charge in [-0.15, -0.1) is 11.8 Å². The maximum absolute atomic E-state index is 10.6. The van der Waals surface area contributed by atoms with Gasteiger partial charge in [0, 0.05) is 11.4 Å². The summed E-state index contributed by atoms with van der Waals surface area (Å²) >= 11 is 1.33. The number of nitrogens with two attached hydrogens (primary N) is 1. The van der Waals surface area contributed by atoms with E-state index in [-0.39, 0.29) is 18.8 Å². The van der Waals surface area contributed by atoms with E-state index in [1.165, 1.54) is 11.8 Å². The number of aliphatic carboxylic acids is 1. The Morgan fingerprint density at radius 2 is 2.41 bits per heavy atom. The highest BCUT2D eigenvalue weighted by Gasteiger charge is 2.33. The van der Waals surface area contributed by atoms with E-state index in [9.17, 15) is 4.79 Å². The van der Waals surface area contributed by atoms with Crippen molar-refractivity contribution >= 4 is 30.1 Å². The first-order valence-corrected chi connectivity index (χ1v) is 6.45. The van der Waals surface area contributed by atoms with Crippen LogP contribution in [0, 0.1) is 0 Å². The Labute approximate surface area is 105 Å². The van der Waals surface area contributed by atoms with E-state index in [4.69, 9.17) is 15.5 Å². The summed E-state index contributed by atoms with van der Waals surface area (Å²) in [7, 11) is 0. The van der Waals surface area contributed by atoms with Gasteiger partial charge in [0.15, 0.2) is 0 Å². The molecule has 0 fully saturated rings. The normalized spacial score (nSPS) is 18.2. The molecule has 0 saturated heterocycles. The fourth-order valence-electron chi connectivity index (χ4n) is 2.11. The molecule has 1 aliphatic heterocycles. The average Bonchev–Trinajstić information content (AvgIpc) is 2.64. The minimum Gasteiger partial charge on any atom is -0.481 e. The van der Waals surface area contributed by atoms with Crippen molar-refractivity contribution in [1.82, 2.24) is 0 Å². The van der Waals surface area contributed by atoms with Crippen molar-refractivity contribution in [2.75, 3.05) is 12.3 Å². The van der Waals surface area contributed by atoms with Crippen LogP contribution < -0.4 is 11.2 Å². The lowest BCUT2D eigenvalue weighted by molar-refractivity contribution is -0.133. The highest BCUT2D eigenvalue weighted by atomic mass is 32.2. The summed E-state index contributed by atoms with van der Waals surface area (Å²) in [6.45, 7) is 2.40. The van der Waals surface area contributed by atoms with E-state index in [1.807, 2.05) is 25.0 Å². The molecule has 0 amide bonds. The van der Waals surface area contributed by atoms with E-state index < -0.39 is 5.97 Å². The standard InChI is InChI=1S/C11H14BNO3S/c1-12-11-7(8(5-13)16-12)3-2-4-9(11)17-6-10(14)15/h2-4,8H,5-6,13H2,1H3,(H,14,15)/t8-/m1/s1. The van der Waals surface area contributed by atoms with Crippen LogP contribution in [0.5, 0.6) is 0 Å². The second kappa shape index (κ2) is 5.12. The summed E-state index contributed by atoms with van der Waals surface area (Å²) < 4.78 is 5.74. The van der Waals surface area contributed by atoms with Gasteiger partial charge >= 0.3 is 12.9 Å². The second-order valence-corrected chi connectivity index (χ2v) is 4.96. The number of hydrogen-bond donors (Lipinski definition) is 2. The van der Waals surface area contributed by atoms with E-state index >= 15 is 0 Å². The molecule has 0 unspecified atom stereocenters. The molecule has 1 aliphatic rings. The van der Waals surface area contributed by atoms with Crippen molar-refractivity contribution in [3.8, 4) is 0 Å². The topological polar surface area (TPSA) is 72.5 Å². The number of hydrogen-bond acceptors (Lipinski definition) is 4. The van der Waals surface area contributed by atoms with Crippen LogP contribution in [0.25, 0.3) is 0 Å². The molecule has 90 valence electrons. The van der Waals surface area contributed by atoms with Gasteiger partial charge in [-0.3, -0.25) is 4.79 Å². The van der Waals surface area contributed by atoms with Crippen LogP contribution in [0.1, 0.15) is 11.7 Å². The van der Waals surface area contributed by atoms with Crippen molar-refractivity contribution in [3.63, 3.8) is 0 Å². The third kappa shape index (κ3) is 2.49. The third-order valence-corrected chi connectivity index (χ3v) is 3.85. The largest absolute Gasteiger partial charge is 0.481 e. The fourth-order valence-corrected chi connectivity index (χ4v) is 3.01. The lowest BCUT2D eigenvalue weighted by Gasteiger charge is -2.09. The highest BCUT2D eigenvalue weighted by molar-refractivity contribution is 8.00. The first-order valence-electron chi connectivity index (χ1n) is 5.46. The molecular weight excluding hydrogens is 237 g/mol. The summed E-state index contributed by atoms with van der Waals surface area (Å²) in [6.07, 6.45) is -0.0645. The smallest absolute Gasteiger partial charge is 0.325 e. The van der Waals surface area contributed by atoms with E-state index in [0.717, 1.165) is 15.9 Å². The Kier molecular flexibility index (Phi) is 3.76. The number of carboxylic acid groups (broad SMARTS) is 1. The SMILES string of the molecule is CB1O[C@H](CN)c2cccc(SCC(=O)O)c21. The molecule has 0 radical (unpaired) electrons. The number of rotatable bonds is 4. The van der Waals surface area contributed by atoms with Gasteiger partial charge in [-0.05, 0) is 17.1 Å². The number of carbonyl (C=O) groups is 1. The Morgan fingerprint density at radius 1 is 1.65 bits per heavy atom. The minimum absolute atomic E-state index is 0.0176. The van der Waals surface area contributed by atoms with Crippen LogP contribution in [0.3, 0.4) is 0 Å². The van der Waals surface area contributed by atoms with Gasteiger partial charge in [-0.2, -0.15) is 0 Å².